The van der Waals surface area contributed by atoms with Gasteiger partial charge in [0.2, 0.25) is 0 Å². The molecule has 5 nitrogen and oxygen atoms in total. The van der Waals surface area contributed by atoms with Gasteiger partial charge in [-0.1, -0.05) is 0 Å². The smallest absolute Gasteiger partial charge is 0.256 e. The Morgan fingerprint density at radius 1 is 1.62 bits per heavy atom. The van der Waals surface area contributed by atoms with E-state index >= 15 is 0 Å². The molecule has 2 aromatic heterocycles. The molecule has 6 heteroatoms. The molecule has 2 heterocycles. The number of aromatic amines is 1. The zero-order valence-electron chi connectivity index (χ0n) is 8.56. The molecule has 0 radical (unpaired) electrons. The molecule has 2 aromatic rings. The molecule has 0 atom stereocenters. The molecule has 0 saturated heterocycles. The van der Waals surface area contributed by atoms with Crippen LogP contribution in [0, 0.1) is 0 Å². The van der Waals surface area contributed by atoms with Crippen molar-refractivity contribution in [3.63, 3.8) is 0 Å². The van der Waals surface area contributed by atoms with E-state index in [1.54, 1.807) is 11.3 Å². The minimum absolute atomic E-state index is 0.193. The zero-order chi connectivity index (χ0) is 11.4. The molecule has 0 aliphatic heterocycles. The largest absolute Gasteiger partial charge is 0.383 e. The van der Waals surface area contributed by atoms with Gasteiger partial charge in [0.1, 0.15) is 11.4 Å². The minimum atomic E-state index is -0.193. The number of aromatic nitrogens is 2. The Morgan fingerprint density at radius 3 is 3.12 bits per heavy atom. The van der Waals surface area contributed by atoms with E-state index in [2.05, 4.69) is 20.9 Å². The normalized spacial score (nSPS) is 10.2. The molecule has 84 valence electrons. The van der Waals surface area contributed by atoms with Gasteiger partial charge in [0, 0.05) is 6.54 Å². The summed E-state index contributed by atoms with van der Waals surface area (Å²) in [6, 6.07) is 2.04. The highest BCUT2D eigenvalue weighted by Crippen LogP contribution is 2.07. The topological polar surface area (TPSA) is 83.8 Å². The number of hydrogen-bond acceptors (Lipinski definition) is 4. The van der Waals surface area contributed by atoms with E-state index in [1.807, 2.05) is 11.4 Å². The van der Waals surface area contributed by atoms with Crippen molar-refractivity contribution >= 4 is 23.1 Å². The van der Waals surface area contributed by atoms with Gasteiger partial charge in [-0.2, -0.15) is 16.4 Å². The molecule has 0 aliphatic carbocycles. The van der Waals surface area contributed by atoms with Crippen molar-refractivity contribution < 1.29 is 4.79 Å². The van der Waals surface area contributed by atoms with Crippen molar-refractivity contribution in [2.75, 3.05) is 12.3 Å². The minimum Gasteiger partial charge on any atom is -0.383 e. The molecule has 2 rings (SSSR count). The van der Waals surface area contributed by atoms with Gasteiger partial charge in [-0.15, -0.1) is 0 Å². The van der Waals surface area contributed by atoms with Crippen LogP contribution in [-0.2, 0) is 6.42 Å². The van der Waals surface area contributed by atoms with Gasteiger partial charge in [-0.3, -0.25) is 9.89 Å². The van der Waals surface area contributed by atoms with Gasteiger partial charge in [-0.25, -0.2) is 0 Å². The van der Waals surface area contributed by atoms with E-state index in [-0.39, 0.29) is 5.91 Å². The van der Waals surface area contributed by atoms with Crippen molar-refractivity contribution in [2.24, 2.45) is 0 Å². The molecule has 4 N–H and O–H groups in total. The second kappa shape index (κ2) is 4.80. The third-order valence-corrected chi connectivity index (χ3v) is 2.92. The van der Waals surface area contributed by atoms with Gasteiger partial charge in [0.15, 0.2) is 0 Å². The Balaban J connectivity index is 1.83. The first kappa shape index (κ1) is 10.7. The van der Waals surface area contributed by atoms with E-state index < -0.39 is 0 Å². The first-order chi connectivity index (χ1) is 7.77. The summed E-state index contributed by atoms with van der Waals surface area (Å²) in [7, 11) is 0. The van der Waals surface area contributed by atoms with Crippen LogP contribution < -0.4 is 11.1 Å². The molecule has 0 spiro atoms. The number of nitrogens with one attached hydrogen (secondary N) is 2. The highest BCUT2D eigenvalue weighted by Gasteiger charge is 2.10. The molecule has 0 aromatic carbocycles. The van der Waals surface area contributed by atoms with Crippen LogP contribution in [0.3, 0.4) is 0 Å². The highest BCUT2D eigenvalue weighted by atomic mass is 32.1. The summed E-state index contributed by atoms with van der Waals surface area (Å²) in [4.78, 5) is 11.6. The Bertz CT molecular complexity index is 463. The number of H-pyrrole nitrogens is 1. The molecular formula is C10H12N4OS. The van der Waals surface area contributed by atoms with Crippen LogP contribution in [0.1, 0.15) is 15.9 Å². The Labute approximate surface area is 96.7 Å². The van der Waals surface area contributed by atoms with Crippen LogP contribution in [-0.4, -0.2) is 22.6 Å². The fraction of sp³-hybridized carbons (Fsp3) is 0.200. The van der Waals surface area contributed by atoms with E-state index in [4.69, 9.17) is 5.73 Å². The van der Waals surface area contributed by atoms with E-state index in [0.717, 1.165) is 6.42 Å². The lowest BCUT2D eigenvalue weighted by Crippen LogP contribution is -2.25. The standard InChI is InChI=1S/C10H12N4OS/c11-9-8(5-13-14-9)10(15)12-3-1-7-2-4-16-6-7/h2,4-6H,1,3H2,(H,12,15)(H3,11,13,14). The molecule has 0 fully saturated rings. The second-order valence-electron chi connectivity index (χ2n) is 3.33. The van der Waals surface area contributed by atoms with Crippen molar-refractivity contribution in [1.29, 1.82) is 0 Å². The number of carbonyl (C=O) groups excluding carboxylic acids is 1. The van der Waals surface area contributed by atoms with Crippen LogP contribution in [0.2, 0.25) is 0 Å². The van der Waals surface area contributed by atoms with Gasteiger partial charge >= 0.3 is 0 Å². The number of nitrogens with zero attached hydrogens (tertiary/aromatic N) is 1. The van der Waals surface area contributed by atoms with Crippen LogP contribution in [0.25, 0.3) is 0 Å². The number of amides is 1. The summed E-state index contributed by atoms with van der Waals surface area (Å²) < 4.78 is 0. The lowest BCUT2D eigenvalue weighted by Gasteiger charge is -2.02. The summed E-state index contributed by atoms with van der Waals surface area (Å²) in [6.07, 6.45) is 2.25. The maximum atomic E-state index is 11.6. The number of carbonyl (C=O) groups is 1. The maximum absolute atomic E-state index is 11.6. The van der Waals surface area contributed by atoms with Crippen molar-refractivity contribution in [3.8, 4) is 0 Å². The third kappa shape index (κ3) is 2.40. The molecule has 0 bridgehead atoms. The van der Waals surface area contributed by atoms with Gasteiger partial charge in [-0.05, 0) is 28.8 Å². The van der Waals surface area contributed by atoms with E-state index in [9.17, 15) is 4.79 Å². The SMILES string of the molecule is Nc1[nH]ncc1C(=O)NCCc1ccsc1. The molecule has 16 heavy (non-hydrogen) atoms. The highest BCUT2D eigenvalue weighted by molar-refractivity contribution is 7.07. The van der Waals surface area contributed by atoms with Crippen LogP contribution >= 0.6 is 11.3 Å². The number of rotatable bonds is 4. The number of nitrogens with two attached hydrogens (primary N) is 1. The van der Waals surface area contributed by atoms with Gasteiger partial charge in [0.05, 0.1) is 6.20 Å². The van der Waals surface area contributed by atoms with Crippen molar-refractivity contribution in [1.82, 2.24) is 15.5 Å². The zero-order valence-corrected chi connectivity index (χ0v) is 9.38. The Morgan fingerprint density at radius 2 is 2.50 bits per heavy atom. The average Bonchev–Trinajstić information content (AvgIpc) is 2.88. The summed E-state index contributed by atoms with van der Waals surface area (Å²) in [5.74, 6) is 0.106. The van der Waals surface area contributed by atoms with Crippen LogP contribution in [0.5, 0.6) is 0 Å². The van der Waals surface area contributed by atoms with Crippen molar-refractivity contribution in [2.45, 2.75) is 6.42 Å². The van der Waals surface area contributed by atoms with E-state index in [1.165, 1.54) is 11.8 Å². The van der Waals surface area contributed by atoms with Gasteiger partial charge < -0.3 is 11.1 Å². The monoisotopic (exact) mass is 236 g/mol. The molecule has 1 amide bonds. The number of anilines is 1. The predicted octanol–water partition coefficient (Wildman–Crippen LogP) is 1.03. The lowest BCUT2D eigenvalue weighted by atomic mass is 10.2. The number of thiophene rings is 1. The third-order valence-electron chi connectivity index (χ3n) is 2.19. The summed E-state index contributed by atoms with van der Waals surface area (Å²) in [5.41, 5.74) is 7.15. The first-order valence-corrected chi connectivity index (χ1v) is 5.80. The Kier molecular flexibility index (Phi) is 3.21. The first-order valence-electron chi connectivity index (χ1n) is 4.85. The fourth-order valence-corrected chi connectivity index (χ4v) is 2.03. The van der Waals surface area contributed by atoms with Crippen LogP contribution in [0.15, 0.2) is 23.0 Å². The molecule has 0 aliphatic rings. The van der Waals surface area contributed by atoms with Gasteiger partial charge in [0.25, 0.3) is 5.91 Å². The summed E-state index contributed by atoms with van der Waals surface area (Å²) >= 11 is 1.65. The van der Waals surface area contributed by atoms with Crippen LogP contribution in [0.4, 0.5) is 5.82 Å². The quantitative estimate of drug-likeness (QED) is 0.741. The van der Waals surface area contributed by atoms with E-state index in [0.29, 0.717) is 17.9 Å². The van der Waals surface area contributed by atoms with Crippen molar-refractivity contribution in [3.05, 3.63) is 34.2 Å². The maximum Gasteiger partial charge on any atom is 0.256 e. The second-order valence-corrected chi connectivity index (χ2v) is 4.11. The molecular weight excluding hydrogens is 224 g/mol. The number of nitrogen functional groups attached to an aromatic ring is 1. The average molecular weight is 236 g/mol. The summed E-state index contributed by atoms with van der Waals surface area (Å²) in [6.45, 7) is 0.597. The Hall–Kier alpha value is -1.82. The lowest BCUT2D eigenvalue weighted by molar-refractivity contribution is 0.0955. The number of hydrogen-bond donors (Lipinski definition) is 3. The molecule has 0 saturated carbocycles. The molecule has 0 unspecified atom stereocenters. The predicted molar refractivity (Wildman–Crippen MR) is 63.4 cm³/mol. The summed E-state index contributed by atoms with van der Waals surface area (Å²) in [5, 5.41) is 13.1. The fourth-order valence-electron chi connectivity index (χ4n) is 1.33.